The molecule has 0 amide bonds. The Morgan fingerprint density at radius 2 is 2.11 bits per heavy atom. The summed E-state index contributed by atoms with van der Waals surface area (Å²) in [6.07, 6.45) is 6.00. The monoisotopic (exact) mass is 265 g/mol. The van der Waals surface area contributed by atoms with Gasteiger partial charge in [0.05, 0.1) is 4.92 Å². The van der Waals surface area contributed by atoms with E-state index in [1.54, 1.807) is 0 Å². The molecule has 7 nitrogen and oxygen atoms in total. The van der Waals surface area contributed by atoms with Crippen LogP contribution >= 0.6 is 0 Å². The summed E-state index contributed by atoms with van der Waals surface area (Å²) < 4.78 is 0. The van der Waals surface area contributed by atoms with E-state index in [1.165, 1.54) is 19.2 Å². The first kappa shape index (κ1) is 13.5. The smallest absolute Gasteiger partial charge is 0.352 e. The van der Waals surface area contributed by atoms with Crippen molar-refractivity contribution in [2.75, 3.05) is 17.6 Å². The van der Waals surface area contributed by atoms with Gasteiger partial charge >= 0.3 is 5.69 Å². The Labute approximate surface area is 111 Å². The molecule has 1 fully saturated rings. The van der Waals surface area contributed by atoms with E-state index in [1.807, 2.05) is 0 Å². The van der Waals surface area contributed by atoms with Crippen LogP contribution in [0.4, 0.5) is 17.3 Å². The Morgan fingerprint density at radius 1 is 1.42 bits per heavy atom. The van der Waals surface area contributed by atoms with E-state index in [0.717, 1.165) is 18.8 Å². The van der Waals surface area contributed by atoms with Crippen LogP contribution in [-0.2, 0) is 0 Å². The lowest BCUT2D eigenvalue weighted by molar-refractivity contribution is -0.383. The molecule has 0 aliphatic heterocycles. The third kappa shape index (κ3) is 3.30. The molecule has 104 valence electrons. The molecular weight excluding hydrogens is 246 g/mol. The molecule has 19 heavy (non-hydrogen) atoms. The third-order valence-corrected chi connectivity index (χ3v) is 3.73. The maximum absolute atomic E-state index is 10.9. The Bertz CT molecular complexity index is 457. The zero-order valence-corrected chi connectivity index (χ0v) is 11.0. The number of nitrogens with zero attached hydrogens (tertiary/aromatic N) is 3. The SMILES string of the molecule is CC1CCC(CNc2ncnc(N)c2[N+](=O)[O-])CC1. The zero-order chi connectivity index (χ0) is 13.8. The maximum Gasteiger partial charge on any atom is 0.352 e. The number of hydrogen-bond donors (Lipinski definition) is 2. The second-order valence-electron chi connectivity index (χ2n) is 5.22. The normalized spacial score (nSPS) is 23.0. The molecule has 0 radical (unpaired) electrons. The molecule has 0 bridgehead atoms. The van der Waals surface area contributed by atoms with Gasteiger partial charge in [0.25, 0.3) is 0 Å². The fourth-order valence-electron chi connectivity index (χ4n) is 2.48. The summed E-state index contributed by atoms with van der Waals surface area (Å²) >= 11 is 0. The molecule has 1 aromatic rings. The molecule has 1 saturated carbocycles. The second kappa shape index (κ2) is 5.81. The number of aromatic nitrogens is 2. The summed E-state index contributed by atoms with van der Waals surface area (Å²) in [6, 6.07) is 0. The zero-order valence-electron chi connectivity index (χ0n) is 11.0. The van der Waals surface area contributed by atoms with Gasteiger partial charge in [-0.25, -0.2) is 9.97 Å². The first-order valence-corrected chi connectivity index (χ1v) is 6.56. The van der Waals surface area contributed by atoms with Gasteiger partial charge in [0.2, 0.25) is 11.6 Å². The van der Waals surface area contributed by atoms with Crippen molar-refractivity contribution in [2.24, 2.45) is 11.8 Å². The lowest BCUT2D eigenvalue weighted by Gasteiger charge is -2.26. The van der Waals surface area contributed by atoms with E-state index in [0.29, 0.717) is 12.5 Å². The molecule has 1 aliphatic carbocycles. The fraction of sp³-hybridized carbons (Fsp3) is 0.667. The highest BCUT2D eigenvalue weighted by Gasteiger charge is 2.23. The Morgan fingerprint density at radius 3 is 2.74 bits per heavy atom. The summed E-state index contributed by atoms with van der Waals surface area (Å²) in [4.78, 5) is 18.0. The van der Waals surface area contributed by atoms with E-state index in [-0.39, 0.29) is 17.3 Å². The van der Waals surface area contributed by atoms with Crippen molar-refractivity contribution >= 4 is 17.3 Å². The molecule has 1 aromatic heterocycles. The third-order valence-electron chi connectivity index (χ3n) is 3.73. The lowest BCUT2D eigenvalue weighted by Crippen LogP contribution is -2.21. The van der Waals surface area contributed by atoms with Gasteiger partial charge in [0.1, 0.15) is 6.33 Å². The van der Waals surface area contributed by atoms with Gasteiger partial charge < -0.3 is 11.1 Å². The predicted octanol–water partition coefficient (Wildman–Crippen LogP) is 2.21. The van der Waals surface area contributed by atoms with E-state index in [4.69, 9.17) is 5.73 Å². The van der Waals surface area contributed by atoms with Gasteiger partial charge in [0.15, 0.2) is 0 Å². The van der Waals surface area contributed by atoms with E-state index >= 15 is 0 Å². The van der Waals surface area contributed by atoms with E-state index in [2.05, 4.69) is 22.2 Å². The Balaban J connectivity index is 2.00. The number of nitrogens with one attached hydrogen (secondary N) is 1. The average Bonchev–Trinajstić information content (AvgIpc) is 2.37. The van der Waals surface area contributed by atoms with E-state index in [9.17, 15) is 10.1 Å². The predicted molar refractivity (Wildman–Crippen MR) is 72.7 cm³/mol. The quantitative estimate of drug-likeness (QED) is 0.638. The van der Waals surface area contributed by atoms with Crippen LogP contribution in [0.5, 0.6) is 0 Å². The molecule has 2 rings (SSSR count). The summed E-state index contributed by atoms with van der Waals surface area (Å²) in [5.74, 6) is 1.46. The summed E-state index contributed by atoms with van der Waals surface area (Å²) in [5, 5.41) is 14.0. The van der Waals surface area contributed by atoms with Crippen molar-refractivity contribution < 1.29 is 4.92 Å². The summed E-state index contributed by atoms with van der Waals surface area (Å²) in [6.45, 7) is 2.96. The van der Waals surface area contributed by atoms with Gasteiger partial charge in [0, 0.05) is 6.54 Å². The molecule has 0 unspecified atom stereocenters. The highest BCUT2D eigenvalue weighted by molar-refractivity contribution is 5.67. The van der Waals surface area contributed by atoms with Crippen LogP contribution in [0.15, 0.2) is 6.33 Å². The molecule has 0 atom stereocenters. The van der Waals surface area contributed by atoms with Crippen LogP contribution in [0, 0.1) is 22.0 Å². The van der Waals surface area contributed by atoms with Gasteiger partial charge in [-0.3, -0.25) is 10.1 Å². The van der Waals surface area contributed by atoms with E-state index < -0.39 is 4.92 Å². The standard InChI is InChI=1S/C12H19N5O2/c1-8-2-4-9(5-3-8)6-14-12-10(17(18)19)11(13)15-7-16-12/h7-9H,2-6H2,1H3,(H3,13,14,15,16). The molecular formula is C12H19N5O2. The lowest BCUT2D eigenvalue weighted by atomic mass is 9.83. The maximum atomic E-state index is 10.9. The first-order chi connectivity index (χ1) is 9.08. The number of rotatable bonds is 4. The Hall–Kier alpha value is -1.92. The van der Waals surface area contributed by atoms with Crippen molar-refractivity contribution in [3.8, 4) is 0 Å². The minimum Gasteiger partial charge on any atom is -0.378 e. The average molecular weight is 265 g/mol. The molecule has 3 N–H and O–H groups in total. The molecule has 0 aromatic carbocycles. The van der Waals surface area contributed by atoms with Crippen molar-refractivity contribution in [1.29, 1.82) is 0 Å². The van der Waals surface area contributed by atoms with Crippen LogP contribution < -0.4 is 11.1 Å². The number of nitro groups is 1. The van der Waals surface area contributed by atoms with Crippen LogP contribution in [-0.4, -0.2) is 21.4 Å². The number of anilines is 2. The summed E-state index contributed by atoms with van der Waals surface area (Å²) in [7, 11) is 0. The van der Waals surface area contributed by atoms with Crippen LogP contribution in [0.25, 0.3) is 0 Å². The number of hydrogen-bond acceptors (Lipinski definition) is 6. The summed E-state index contributed by atoms with van der Waals surface area (Å²) in [5.41, 5.74) is 5.29. The van der Waals surface area contributed by atoms with Crippen molar-refractivity contribution in [3.63, 3.8) is 0 Å². The van der Waals surface area contributed by atoms with Crippen LogP contribution in [0.3, 0.4) is 0 Å². The van der Waals surface area contributed by atoms with Gasteiger partial charge in [-0.2, -0.15) is 0 Å². The number of nitrogens with two attached hydrogens (primary N) is 1. The van der Waals surface area contributed by atoms with Crippen molar-refractivity contribution in [3.05, 3.63) is 16.4 Å². The highest BCUT2D eigenvalue weighted by Crippen LogP contribution is 2.30. The minimum absolute atomic E-state index is 0.0974. The van der Waals surface area contributed by atoms with Gasteiger partial charge in [-0.15, -0.1) is 0 Å². The van der Waals surface area contributed by atoms with Gasteiger partial charge in [-0.05, 0) is 24.7 Å². The van der Waals surface area contributed by atoms with Crippen molar-refractivity contribution in [2.45, 2.75) is 32.6 Å². The Kier molecular flexibility index (Phi) is 4.13. The molecule has 0 spiro atoms. The topological polar surface area (TPSA) is 107 Å². The van der Waals surface area contributed by atoms with Crippen LogP contribution in [0.1, 0.15) is 32.6 Å². The fourth-order valence-corrected chi connectivity index (χ4v) is 2.48. The molecule has 1 heterocycles. The van der Waals surface area contributed by atoms with Crippen molar-refractivity contribution in [1.82, 2.24) is 9.97 Å². The van der Waals surface area contributed by atoms with Gasteiger partial charge in [-0.1, -0.05) is 19.8 Å². The molecule has 1 aliphatic rings. The highest BCUT2D eigenvalue weighted by atomic mass is 16.6. The molecule has 7 heteroatoms. The largest absolute Gasteiger partial charge is 0.378 e. The minimum atomic E-state index is -0.541. The van der Waals surface area contributed by atoms with Crippen LogP contribution in [0.2, 0.25) is 0 Å². The molecule has 0 saturated heterocycles. The second-order valence-corrected chi connectivity index (χ2v) is 5.22. The number of nitrogen functional groups attached to an aromatic ring is 1. The first-order valence-electron chi connectivity index (χ1n) is 6.56.